The molecule has 0 radical (unpaired) electrons. The van der Waals surface area contributed by atoms with Gasteiger partial charge in [-0.25, -0.2) is 9.31 Å². The van der Waals surface area contributed by atoms with Gasteiger partial charge in [0.1, 0.15) is 24.7 Å². The van der Waals surface area contributed by atoms with Gasteiger partial charge in [0.15, 0.2) is 29.1 Å². The summed E-state index contributed by atoms with van der Waals surface area (Å²) in [5.41, 5.74) is 4.52. The lowest BCUT2D eigenvalue weighted by Gasteiger charge is -2.33. The Balaban J connectivity index is 1.30. The quantitative estimate of drug-likeness (QED) is 0.0431. The van der Waals surface area contributed by atoms with E-state index >= 15 is 0 Å². The number of nitrogens with one attached hydrogen (secondary N) is 2. The highest BCUT2D eigenvalue weighted by molar-refractivity contribution is 7.78. The van der Waals surface area contributed by atoms with Crippen LogP contribution >= 0.6 is 0 Å². The van der Waals surface area contributed by atoms with Crippen LogP contribution in [0, 0.1) is 5.41 Å². The van der Waals surface area contributed by atoms with E-state index in [-0.39, 0.29) is 41.0 Å². The molecule has 12 nitrogen and oxygen atoms in total. The number of H-pyrrole nitrogens is 1. The van der Waals surface area contributed by atoms with Gasteiger partial charge in [0.25, 0.3) is 11.3 Å². The molecule has 3 atom stereocenters. The number of nitrogens with zero attached hydrogens (tertiary/aromatic N) is 3. The summed E-state index contributed by atoms with van der Waals surface area (Å²) in [6, 6.07) is 22.1. The molecule has 5 aromatic rings. The summed E-state index contributed by atoms with van der Waals surface area (Å²) < 4.78 is 43.0. The first-order chi connectivity index (χ1) is 29.3. The Kier molecular flexibility index (Phi) is 16.7. The van der Waals surface area contributed by atoms with Crippen molar-refractivity contribution >= 4 is 22.9 Å². The number of carbonyl (C=O) groups is 1. The number of aromatic hydroxyl groups is 1. The number of ether oxygens (including phenoxy) is 3. The average Bonchev–Trinajstić information content (AvgIpc) is 3.81. The average molecular weight is 872 g/mol. The van der Waals surface area contributed by atoms with Gasteiger partial charge in [0.05, 0.1) is 6.04 Å². The van der Waals surface area contributed by atoms with Crippen LogP contribution in [0.5, 0.6) is 23.0 Å². The molecule has 0 amide bonds. The van der Waals surface area contributed by atoms with Crippen LogP contribution in [0.4, 0.5) is 0 Å². The third kappa shape index (κ3) is 14.3. The number of aromatic nitrogens is 4. The molecule has 13 heteroatoms. The van der Waals surface area contributed by atoms with Crippen molar-refractivity contribution in [3.63, 3.8) is 0 Å². The lowest BCUT2D eigenvalue weighted by atomic mass is 9.72. The normalized spacial score (nSPS) is 13.8. The van der Waals surface area contributed by atoms with Gasteiger partial charge in [-0.1, -0.05) is 125 Å². The molecular formula is C49H69N5O7S. The van der Waals surface area contributed by atoms with E-state index in [1.165, 1.54) is 6.42 Å². The zero-order valence-electron chi connectivity index (χ0n) is 38.5. The summed E-state index contributed by atoms with van der Waals surface area (Å²) in [5, 5.41) is 21.6. The zero-order valence-corrected chi connectivity index (χ0v) is 39.3. The van der Waals surface area contributed by atoms with Gasteiger partial charge in [0, 0.05) is 17.2 Å². The van der Waals surface area contributed by atoms with Crippen molar-refractivity contribution in [1.82, 2.24) is 24.5 Å². The highest BCUT2D eigenvalue weighted by Gasteiger charge is 2.31. The number of hydrogen-bond donors (Lipinski definition) is 3. The van der Waals surface area contributed by atoms with E-state index in [1.807, 2.05) is 61.5 Å². The molecule has 0 bridgehead atoms. The Bertz CT molecular complexity index is 2200. The number of esters is 1. The Labute approximate surface area is 371 Å². The molecule has 0 fully saturated rings. The smallest absolute Gasteiger partial charge is 0.347 e. The maximum atomic E-state index is 13.8. The van der Waals surface area contributed by atoms with Gasteiger partial charge in [-0.2, -0.15) is 8.93 Å². The largest absolute Gasteiger partial charge is 0.508 e. The van der Waals surface area contributed by atoms with Gasteiger partial charge in [0.2, 0.25) is 0 Å². The standard InChI is InChI=1S/C49H69N5O7S/c1-11-12-13-14-15-16-17-41(46(56)59-29-28-58-39-25-20-36(21-26-39)30-35-18-23-38(55)24-19-35)60-40-27-22-37(49(9,10)33-47(3,4)5)31-42(40)61-62(57)53-34(2)45-51-50-44-32-43(48(6,7)8)52-54(44)45/h18-27,31-32,34,41,52-53,55H,11-17,28-30,33H2,1-10H3. The van der Waals surface area contributed by atoms with E-state index < -0.39 is 29.4 Å². The minimum Gasteiger partial charge on any atom is -0.508 e. The second-order valence-corrected chi connectivity index (χ2v) is 20.1. The molecule has 0 saturated carbocycles. The van der Waals surface area contributed by atoms with Crippen LogP contribution in [0.25, 0.3) is 5.65 Å². The van der Waals surface area contributed by atoms with Crippen molar-refractivity contribution in [1.29, 1.82) is 0 Å². The molecule has 3 aromatic carbocycles. The Hall–Kier alpha value is -4.88. The predicted octanol–water partition coefficient (Wildman–Crippen LogP) is 10.8. The monoisotopic (exact) mass is 871 g/mol. The third-order valence-electron chi connectivity index (χ3n) is 10.8. The number of phenols is 1. The summed E-state index contributed by atoms with van der Waals surface area (Å²) in [7, 11) is 0. The Morgan fingerprint density at radius 3 is 2.16 bits per heavy atom. The molecule has 0 spiro atoms. The molecular weight excluding hydrogens is 803 g/mol. The number of hydrogen-bond acceptors (Lipinski definition) is 9. The minimum atomic E-state index is -2.04. The first-order valence-electron chi connectivity index (χ1n) is 22.1. The summed E-state index contributed by atoms with van der Waals surface area (Å²) in [5.74, 6) is 1.51. The lowest BCUT2D eigenvalue weighted by molar-refractivity contribution is -0.153. The molecule has 0 aliphatic heterocycles. The van der Waals surface area contributed by atoms with E-state index in [0.29, 0.717) is 29.4 Å². The number of aromatic amines is 1. The second-order valence-electron chi connectivity index (χ2n) is 19.3. The van der Waals surface area contributed by atoms with Crippen LogP contribution in [0.2, 0.25) is 0 Å². The van der Waals surface area contributed by atoms with Crippen LogP contribution in [-0.2, 0) is 38.0 Å². The van der Waals surface area contributed by atoms with Crippen molar-refractivity contribution in [2.24, 2.45) is 5.41 Å². The first-order valence-corrected chi connectivity index (χ1v) is 23.2. The van der Waals surface area contributed by atoms with Crippen molar-refractivity contribution < 1.29 is 32.5 Å². The van der Waals surface area contributed by atoms with Gasteiger partial charge < -0.3 is 23.5 Å². The molecule has 3 N–H and O–H groups in total. The minimum absolute atomic E-state index is 0.0352. The van der Waals surface area contributed by atoms with E-state index in [4.69, 9.17) is 18.4 Å². The zero-order chi connectivity index (χ0) is 45.1. The molecule has 3 unspecified atom stereocenters. The van der Waals surface area contributed by atoms with E-state index in [0.717, 1.165) is 67.3 Å². The topological polar surface area (TPSA) is 149 Å². The molecule has 0 aliphatic carbocycles. The van der Waals surface area contributed by atoms with Crippen molar-refractivity contribution in [3.05, 3.63) is 101 Å². The summed E-state index contributed by atoms with van der Waals surface area (Å²) in [4.78, 5) is 13.8. The van der Waals surface area contributed by atoms with E-state index in [1.54, 1.807) is 22.7 Å². The number of phenolic OH excluding ortho intramolecular Hbond substituents is 1. The second kappa shape index (κ2) is 21.5. The fourth-order valence-electron chi connectivity index (χ4n) is 7.72. The van der Waals surface area contributed by atoms with E-state index in [9.17, 15) is 14.1 Å². The van der Waals surface area contributed by atoms with Crippen LogP contribution in [0.3, 0.4) is 0 Å². The van der Waals surface area contributed by atoms with Gasteiger partial charge in [-0.15, -0.1) is 10.2 Å². The number of unbranched alkanes of at least 4 members (excludes halogenated alkanes) is 5. The Morgan fingerprint density at radius 2 is 1.50 bits per heavy atom. The van der Waals surface area contributed by atoms with E-state index in [2.05, 4.69) is 82.3 Å². The number of benzene rings is 3. The summed E-state index contributed by atoms with van der Waals surface area (Å²) in [6.07, 6.45) is 7.41. The molecule has 2 heterocycles. The van der Waals surface area contributed by atoms with Crippen molar-refractivity contribution in [2.45, 2.75) is 150 Å². The molecule has 338 valence electrons. The summed E-state index contributed by atoms with van der Waals surface area (Å²) >= 11 is -2.04. The van der Waals surface area contributed by atoms with Crippen LogP contribution in [0.15, 0.2) is 72.8 Å². The van der Waals surface area contributed by atoms with Crippen LogP contribution < -0.4 is 18.4 Å². The fourth-order valence-corrected chi connectivity index (χ4v) is 8.46. The number of rotatable bonds is 23. The molecule has 0 saturated heterocycles. The maximum Gasteiger partial charge on any atom is 0.347 e. The number of carbonyl (C=O) groups excluding carboxylic acids is 1. The lowest BCUT2D eigenvalue weighted by Crippen LogP contribution is -2.31. The molecule has 5 rings (SSSR count). The van der Waals surface area contributed by atoms with Crippen LogP contribution in [0.1, 0.15) is 155 Å². The third-order valence-corrected chi connectivity index (χ3v) is 11.6. The van der Waals surface area contributed by atoms with Gasteiger partial charge in [-0.05, 0) is 96.5 Å². The highest BCUT2D eigenvalue weighted by atomic mass is 32.2. The molecule has 62 heavy (non-hydrogen) atoms. The number of fused-ring (bicyclic) bond motifs is 1. The van der Waals surface area contributed by atoms with Crippen molar-refractivity contribution in [2.75, 3.05) is 13.2 Å². The first kappa shape index (κ1) is 48.2. The van der Waals surface area contributed by atoms with Gasteiger partial charge in [-0.3, -0.25) is 5.10 Å². The maximum absolute atomic E-state index is 13.8. The highest BCUT2D eigenvalue weighted by Crippen LogP contribution is 2.40. The summed E-state index contributed by atoms with van der Waals surface area (Å²) in [6.45, 7) is 21.6. The SMILES string of the molecule is CCCCCCCCC(Oc1ccc(C(C)(C)CC(C)(C)C)cc1OS(=O)NC(C)c1nnc2cc(C(C)(C)C)[nH]n12)C(=O)OCCOc1ccc(Cc2ccc(O)cc2)cc1. The predicted molar refractivity (Wildman–Crippen MR) is 246 cm³/mol. The Morgan fingerprint density at radius 1 is 0.839 bits per heavy atom. The molecule has 0 aliphatic rings. The van der Waals surface area contributed by atoms with Gasteiger partial charge >= 0.3 is 5.97 Å². The van der Waals surface area contributed by atoms with Crippen LogP contribution in [-0.4, -0.2) is 54.4 Å². The van der Waals surface area contributed by atoms with Crippen molar-refractivity contribution in [3.8, 4) is 23.0 Å². The fraction of sp³-hybridized carbons (Fsp3) is 0.531. The molecule has 2 aromatic heterocycles.